The van der Waals surface area contributed by atoms with Crippen LogP contribution in [0.4, 0.5) is 9.93 Å². The summed E-state index contributed by atoms with van der Waals surface area (Å²) in [7, 11) is -3.90. The molecule has 23 heavy (non-hydrogen) atoms. The summed E-state index contributed by atoms with van der Waals surface area (Å²) >= 11 is 0.711. The number of hydrogen-bond acceptors (Lipinski definition) is 7. The molecule has 0 fully saturated rings. The first-order valence-electron chi connectivity index (χ1n) is 6.98. The number of primary sulfonamides is 1. The summed E-state index contributed by atoms with van der Waals surface area (Å²) in [5.74, 6) is -0.252. The van der Waals surface area contributed by atoms with Gasteiger partial charge in [-0.3, -0.25) is 4.79 Å². The van der Waals surface area contributed by atoms with E-state index in [1.165, 1.54) is 0 Å². The van der Waals surface area contributed by atoms with Gasteiger partial charge in [-0.25, -0.2) is 18.4 Å². The van der Waals surface area contributed by atoms with Crippen molar-refractivity contribution in [1.82, 2.24) is 15.5 Å². The van der Waals surface area contributed by atoms with E-state index in [0.29, 0.717) is 30.7 Å². The number of rotatable bonds is 10. The predicted molar refractivity (Wildman–Crippen MR) is 85.2 cm³/mol. The van der Waals surface area contributed by atoms with Crippen LogP contribution in [0.25, 0.3) is 0 Å². The normalized spacial score (nSPS) is 11.2. The largest absolute Gasteiger partial charge is 0.352 e. The SMILES string of the molecule is NC(=O)NCCCCCCCC(=O)Nc1nnc(S(N)(=O)=O)s1. The number of nitrogens with two attached hydrogens (primary N) is 2. The van der Waals surface area contributed by atoms with Crippen LogP contribution in [0.1, 0.15) is 38.5 Å². The summed E-state index contributed by atoms with van der Waals surface area (Å²) in [4.78, 5) is 22.1. The Kier molecular flexibility index (Phi) is 7.85. The highest BCUT2D eigenvalue weighted by atomic mass is 32.2. The van der Waals surface area contributed by atoms with Crippen LogP contribution < -0.4 is 21.5 Å². The van der Waals surface area contributed by atoms with Crippen molar-refractivity contribution >= 4 is 38.4 Å². The summed E-state index contributed by atoms with van der Waals surface area (Å²) in [6.45, 7) is 0.555. The van der Waals surface area contributed by atoms with Gasteiger partial charge in [-0.2, -0.15) is 0 Å². The zero-order valence-corrected chi connectivity index (χ0v) is 14.1. The van der Waals surface area contributed by atoms with Gasteiger partial charge >= 0.3 is 6.03 Å². The highest BCUT2D eigenvalue weighted by Crippen LogP contribution is 2.18. The highest BCUT2D eigenvalue weighted by molar-refractivity contribution is 7.91. The minimum absolute atomic E-state index is 0.108. The molecule has 1 rings (SSSR count). The highest BCUT2D eigenvalue weighted by Gasteiger charge is 2.16. The second-order valence-corrected chi connectivity index (χ2v) is 7.49. The van der Waals surface area contributed by atoms with E-state index in [0.717, 1.165) is 25.7 Å². The molecule has 0 saturated heterocycles. The smallest absolute Gasteiger partial charge is 0.312 e. The van der Waals surface area contributed by atoms with E-state index in [9.17, 15) is 18.0 Å². The van der Waals surface area contributed by atoms with E-state index in [4.69, 9.17) is 10.9 Å². The molecule has 1 aromatic heterocycles. The summed E-state index contributed by atoms with van der Waals surface area (Å²) < 4.78 is 21.7. The number of unbranched alkanes of at least 4 members (excludes halogenated alkanes) is 4. The number of primary amides is 1. The van der Waals surface area contributed by atoms with Crippen LogP contribution >= 0.6 is 11.3 Å². The Labute approximate surface area is 138 Å². The first kappa shape index (κ1) is 19.3. The second kappa shape index (κ2) is 9.37. The Morgan fingerprint density at radius 2 is 1.74 bits per heavy atom. The molecule has 0 radical (unpaired) electrons. The number of hydrogen-bond donors (Lipinski definition) is 4. The van der Waals surface area contributed by atoms with Gasteiger partial charge in [0, 0.05) is 13.0 Å². The molecule has 130 valence electrons. The Balaban J connectivity index is 2.13. The first-order chi connectivity index (χ1) is 10.8. The maximum Gasteiger partial charge on any atom is 0.312 e. The Hall–Kier alpha value is -1.79. The fraction of sp³-hybridized carbons (Fsp3) is 0.636. The third-order valence-corrected chi connectivity index (χ3v) is 4.92. The van der Waals surface area contributed by atoms with Crippen LogP contribution in [0.5, 0.6) is 0 Å². The Bertz CT molecular complexity index is 630. The van der Waals surface area contributed by atoms with Gasteiger partial charge in [0.1, 0.15) is 0 Å². The molecule has 0 unspecified atom stereocenters. The molecule has 0 spiro atoms. The standard InChI is InChI=1S/C11H20N6O4S2/c12-9(19)14-7-5-3-1-2-4-6-8(18)15-10-16-17-11(22-10)23(13,20)21/h1-7H2,(H3,12,14,19)(H2,13,20,21)(H,15,16,18). The van der Waals surface area contributed by atoms with Gasteiger partial charge < -0.3 is 16.4 Å². The number of carbonyl (C=O) groups is 2. The van der Waals surface area contributed by atoms with Crippen molar-refractivity contribution in [2.24, 2.45) is 10.9 Å². The minimum atomic E-state index is -3.90. The van der Waals surface area contributed by atoms with Gasteiger partial charge in [-0.1, -0.05) is 30.6 Å². The topological polar surface area (TPSA) is 170 Å². The fourth-order valence-electron chi connectivity index (χ4n) is 1.71. The summed E-state index contributed by atoms with van der Waals surface area (Å²) in [5, 5.41) is 16.9. The van der Waals surface area contributed by atoms with E-state index < -0.39 is 16.1 Å². The van der Waals surface area contributed by atoms with Crippen LogP contribution in [0.15, 0.2) is 4.34 Å². The molecule has 6 N–H and O–H groups in total. The monoisotopic (exact) mass is 364 g/mol. The lowest BCUT2D eigenvalue weighted by atomic mass is 10.1. The van der Waals surface area contributed by atoms with Gasteiger partial charge in [0.15, 0.2) is 0 Å². The average Bonchev–Trinajstić information content (AvgIpc) is 2.90. The first-order valence-corrected chi connectivity index (χ1v) is 9.35. The fourth-order valence-corrected chi connectivity index (χ4v) is 3.06. The number of amides is 3. The van der Waals surface area contributed by atoms with E-state index >= 15 is 0 Å². The molecule has 0 atom stereocenters. The lowest BCUT2D eigenvalue weighted by Gasteiger charge is -2.03. The van der Waals surface area contributed by atoms with Gasteiger partial charge in [0.2, 0.25) is 15.4 Å². The number of sulfonamides is 1. The van der Waals surface area contributed by atoms with E-state index in [-0.39, 0.29) is 15.4 Å². The summed E-state index contributed by atoms with van der Waals surface area (Å²) in [6, 6.07) is -0.524. The molecule has 0 aliphatic heterocycles. The molecule has 10 nitrogen and oxygen atoms in total. The van der Waals surface area contributed by atoms with E-state index in [1.54, 1.807) is 0 Å². The summed E-state index contributed by atoms with van der Waals surface area (Å²) in [6.07, 6.45) is 4.62. The van der Waals surface area contributed by atoms with Gasteiger partial charge in [-0.15, -0.1) is 10.2 Å². The Morgan fingerprint density at radius 3 is 2.35 bits per heavy atom. The Morgan fingerprint density at radius 1 is 1.09 bits per heavy atom. The van der Waals surface area contributed by atoms with Crippen molar-refractivity contribution in [3.05, 3.63) is 0 Å². The quantitative estimate of drug-likeness (QED) is 0.339. The number of anilines is 1. The zero-order chi connectivity index (χ0) is 17.3. The molecule has 3 amide bonds. The molecule has 12 heteroatoms. The van der Waals surface area contributed by atoms with Crippen molar-refractivity contribution < 1.29 is 18.0 Å². The molecular formula is C11H20N6O4S2. The van der Waals surface area contributed by atoms with Crippen LogP contribution in [-0.4, -0.2) is 37.1 Å². The average molecular weight is 364 g/mol. The molecule has 0 aliphatic carbocycles. The molecular weight excluding hydrogens is 344 g/mol. The molecule has 0 bridgehead atoms. The molecule has 0 aliphatic rings. The van der Waals surface area contributed by atoms with Gasteiger partial charge in [0.25, 0.3) is 10.0 Å². The van der Waals surface area contributed by atoms with Crippen LogP contribution in [0, 0.1) is 0 Å². The third kappa shape index (κ3) is 8.42. The van der Waals surface area contributed by atoms with Gasteiger partial charge in [-0.05, 0) is 12.8 Å². The van der Waals surface area contributed by atoms with Crippen molar-refractivity contribution in [2.45, 2.75) is 42.9 Å². The van der Waals surface area contributed by atoms with Crippen molar-refractivity contribution in [3.8, 4) is 0 Å². The molecule has 0 saturated carbocycles. The minimum Gasteiger partial charge on any atom is -0.352 e. The molecule has 1 aromatic rings. The maximum atomic E-state index is 11.7. The lowest BCUT2D eigenvalue weighted by molar-refractivity contribution is -0.116. The van der Waals surface area contributed by atoms with Crippen molar-refractivity contribution in [3.63, 3.8) is 0 Å². The lowest BCUT2D eigenvalue weighted by Crippen LogP contribution is -2.29. The number of nitrogens with zero attached hydrogens (tertiary/aromatic N) is 2. The summed E-state index contributed by atoms with van der Waals surface area (Å²) in [5.41, 5.74) is 4.93. The maximum absolute atomic E-state index is 11.7. The van der Waals surface area contributed by atoms with E-state index in [1.807, 2.05) is 0 Å². The van der Waals surface area contributed by atoms with Crippen molar-refractivity contribution in [1.29, 1.82) is 0 Å². The zero-order valence-electron chi connectivity index (χ0n) is 12.4. The predicted octanol–water partition coefficient (Wildman–Crippen LogP) is 0.133. The number of urea groups is 1. The number of aromatic nitrogens is 2. The van der Waals surface area contributed by atoms with E-state index in [2.05, 4.69) is 20.8 Å². The molecule has 1 heterocycles. The number of nitrogens with one attached hydrogen (secondary N) is 2. The van der Waals surface area contributed by atoms with Crippen molar-refractivity contribution in [2.75, 3.05) is 11.9 Å². The second-order valence-electron chi connectivity index (χ2n) is 4.78. The molecule has 0 aromatic carbocycles. The number of carbonyl (C=O) groups excluding carboxylic acids is 2. The van der Waals surface area contributed by atoms with Crippen LogP contribution in [-0.2, 0) is 14.8 Å². The third-order valence-electron chi connectivity index (χ3n) is 2.78. The van der Waals surface area contributed by atoms with Gasteiger partial charge in [0.05, 0.1) is 0 Å². The van der Waals surface area contributed by atoms with Crippen LogP contribution in [0.3, 0.4) is 0 Å². The van der Waals surface area contributed by atoms with Crippen LogP contribution in [0.2, 0.25) is 0 Å².